The number of thiophene rings is 1. The second kappa shape index (κ2) is 7.04. The summed E-state index contributed by atoms with van der Waals surface area (Å²) in [5, 5.41) is 5.23. The van der Waals surface area contributed by atoms with Crippen molar-refractivity contribution in [3.63, 3.8) is 0 Å². The van der Waals surface area contributed by atoms with Crippen LogP contribution >= 0.6 is 11.3 Å². The van der Waals surface area contributed by atoms with Crippen LogP contribution in [0.15, 0.2) is 5.38 Å². The molecule has 0 saturated carbocycles. The van der Waals surface area contributed by atoms with Crippen molar-refractivity contribution in [2.24, 2.45) is 5.92 Å². The van der Waals surface area contributed by atoms with Crippen LogP contribution in [0.3, 0.4) is 0 Å². The lowest BCUT2D eigenvalue weighted by Crippen LogP contribution is -2.39. The molecule has 0 spiro atoms. The number of carbonyl (C=O) groups is 2. The van der Waals surface area contributed by atoms with E-state index in [1.165, 1.54) is 18.4 Å². The predicted molar refractivity (Wildman–Crippen MR) is 84.0 cm³/mol. The first-order valence-electron chi connectivity index (χ1n) is 7.19. The molecule has 0 aliphatic carbocycles. The Morgan fingerprint density at radius 1 is 1.43 bits per heavy atom. The highest BCUT2D eigenvalue weighted by Gasteiger charge is 2.27. The SMILES string of the molecule is COC(=O)c1scc(C)c1N(CC1CCNCC1)C(C)=O. The highest BCUT2D eigenvalue weighted by Crippen LogP contribution is 2.33. The fraction of sp³-hybridized carbons (Fsp3) is 0.600. The summed E-state index contributed by atoms with van der Waals surface area (Å²) in [5.74, 6) is 0.0693. The van der Waals surface area contributed by atoms with E-state index in [0.717, 1.165) is 37.2 Å². The maximum absolute atomic E-state index is 12.1. The number of aryl methyl sites for hydroxylation is 1. The molecule has 21 heavy (non-hydrogen) atoms. The Hall–Kier alpha value is -1.40. The Morgan fingerprint density at radius 2 is 2.10 bits per heavy atom. The normalized spacial score (nSPS) is 15.8. The Balaban J connectivity index is 2.27. The summed E-state index contributed by atoms with van der Waals surface area (Å²) in [7, 11) is 1.37. The van der Waals surface area contributed by atoms with Gasteiger partial charge in [-0.3, -0.25) is 4.79 Å². The van der Waals surface area contributed by atoms with E-state index in [1.807, 2.05) is 12.3 Å². The monoisotopic (exact) mass is 310 g/mol. The maximum atomic E-state index is 12.1. The molecular weight excluding hydrogens is 288 g/mol. The molecule has 1 N–H and O–H groups in total. The fourth-order valence-electron chi connectivity index (χ4n) is 2.71. The van der Waals surface area contributed by atoms with E-state index < -0.39 is 0 Å². The van der Waals surface area contributed by atoms with Gasteiger partial charge in [-0.2, -0.15) is 0 Å². The van der Waals surface area contributed by atoms with E-state index >= 15 is 0 Å². The smallest absolute Gasteiger partial charge is 0.350 e. The molecule has 1 aliphatic heterocycles. The van der Waals surface area contributed by atoms with Gasteiger partial charge >= 0.3 is 5.97 Å². The number of hydrogen-bond donors (Lipinski definition) is 1. The lowest BCUT2D eigenvalue weighted by atomic mass is 9.97. The number of methoxy groups -OCH3 is 1. The third-order valence-electron chi connectivity index (χ3n) is 3.86. The molecule has 116 valence electrons. The number of esters is 1. The summed E-state index contributed by atoms with van der Waals surface area (Å²) in [5.41, 5.74) is 1.67. The first-order valence-corrected chi connectivity index (χ1v) is 8.07. The number of piperidine rings is 1. The van der Waals surface area contributed by atoms with Gasteiger partial charge in [0.2, 0.25) is 5.91 Å². The lowest BCUT2D eigenvalue weighted by Gasteiger charge is -2.30. The molecule has 0 aromatic carbocycles. The van der Waals surface area contributed by atoms with Crippen molar-refractivity contribution < 1.29 is 14.3 Å². The summed E-state index contributed by atoms with van der Waals surface area (Å²) in [4.78, 5) is 26.3. The summed E-state index contributed by atoms with van der Waals surface area (Å²) < 4.78 is 4.83. The third-order valence-corrected chi connectivity index (χ3v) is 4.93. The molecule has 1 saturated heterocycles. The van der Waals surface area contributed by atoms with Crippen molar-refractivity contribution >= 4 is 28.9 Å². The average Bonchev–Trinajstić information content (AvgIpc) is 2.86. The Kier molecular flexibility index (Phi) is 5.36. The predicted octanol–water partition coefficient (Wildman–Crippen LogP) is 2.20. The largest absolute Gasteiger partial charge is 0.465 e. The molecule has 2 rings (SSSR count). The van der Waals surface area contributed by atoms with Gasteiger partial charge < -0.3 is 15.0 Å². The van der Waals surface area contributed by atoms with Crippen LogP contribution in [0.25, 0.3) is 0 Å². The van der Waals surface area contributed by atoms with Gasteiger partial charge in [0.25, 0.3) is 0 Å². The molecular formula is C15H22N2O3S. The molecule has 1 amide bonds. The molecule has 1 aliphatic rings. The van der Waals surface area contributed by atoms with Gasteiger partial charge in [0, 0.05) is 13.5 Å². The van der Waals surface area contributed by atoms with Crippen LogP contribution in [-0.2, 0) is 9.53 Å². The number of carbonyl (C=O) groups excluding carboxylic acids is 2. The summed E-state index contributed by atoms with van der Waals surface area (Å²) in [6.07, 6.45) is 2.11. The quantitative estimate of drug-likeness (QED) is 0.866. The van der Waals surface area contributed by atoms with Crippen molar-refractivity contribution in [1.29, 1.82) is 0 Å². The van der Waals surface area contributed by atoms with Gasteiger partial charge in [-0.1, -0.05) is 0 Å². The third kappa shape index (κ3) is 3.63. The van der Waals surface area contributed by atoms with E-state index in [0.29, 0.717) is 17.3 Å². The van der Waals surface area contributed by atoms with E-state index in [9.17, 15) is 9.59 Å². The molecule has 0 atom stereocenters. The highest BCUT2D eigenvalue weighted by molar-refractivity contribution is 7.12. The van der Waals surface area contributed by atoms with E-state index in [1.54, 1.807) is 11.8 Å². The lowest BCUT2D eigenvalue weighted by molar-refractivity contribution is -0.116. The molecule has 1 fully saturated rings. The minimum absolute atomic E-state index is 0.0276. The van der Waals surface area contributed by atoms with Crippen molar-refractivity contribution in [1.82, 2.24) is 5.32 Å². The van der Waals surface area contributed by atoms with Gasteiger partial charge in [-0.15, -0.1) is 11.3 Å². The first kappa shape index (κ1) is 16.0. The van der Waals surface area contributed by atoms with Crippen molar-refractivity contribution in [2.45, 2.75) is 26.7 Å². The second-order valence-corrected chi connectivity index (χ2v) is 6.29. The zero-order valence-electron chi connectivity index (χ0n) is 12.8. The highest BCUT2D eigenvalue weighted by atomic mass is 32.1. The standard InChI is InChI=1S/C15H22N2O3S/c1-10-9-21-14(15(19)20-3)13(10)17(11(2)18)8-12-4-6-16-7-5-12/h9,12,16H,4-8H2,1-3H3. The van der Waals surface area contributed by atoms with Gasteiger partial charge in [-0.05, 0) is 49.7 Å². The van der Waals surface area contributed by atoms with Crippen LogP contribution in [0.5, 0.6) is 0 Å². The maximum Gasteiger partial charge on any atom is 0.350 e. The zero-order chi connectivity index (χ0) is 15.4. The summed E-state index contributed by atoms with van der Waals surface area (Å²) in [6, 6.07) is 0. The average molecular weight is 310 g/mol. The van der Waals surface area contributed by atoms with Crippen LogP contribution in [0.2, 0.25) is 0 Å². The first-order chi connectivity index (χ1) is 10.0. The van der Waals surface area contributed by atoms with Gasteiger partial charge in [0.1, 0.15) is 4.88 Å². The van der Waals surface area contributed by atoms with Crippen LogP contribution in [-0.4, -0.2) is 38.6 Å². The number of amides is 1. The van der Waals surface area contributed by atoms with E-state index in [-0.39, 0.29) is 11.9 Å². The van der Waals surface area contributed by atoms with Gasteiger partial charge in [-0.25, -0.2) is 4.79 Å². The Morgan fingerprint density at radius 3 is 2.67 bits per heavy atom. The van der Waals surface area contributed by atoms with Crippen molar-refractivity contribution in [2.75, 3.05) is 31.6 Å². The van der Waals surface area contributed by atoms with Crippen LogP contribution < -0.4 is 10.2 Å². The molecule has 2 heterocycles. The second-order valence-electron chi connectivity index (χ2n) is 5.41. The molecule has 1 aromatic heterocycles. The summed E-state index contributed by atoms with van der Waals surface area (Å²) in [6.45, 7) is 6.13. The molecule has 6 heteroatoms. The van der Waals surface area contributed by atoms with E-state index in [2.05, 4.69) is 5.32 Å². The summed E-state index contributed by atoms with van der Waals surface area (Å²) >= 11 is 1.34. The minimum Gasteiger partial charge on any atom is -0.465 e. The molecule has 0 radical (unpaired) electrons. The molecule has 0 unspecified atom stereocenters. The van der Waals surface area contributed by atoms with Crippen LogP contribution in [0.1, 0.15) is 35.0 Å². The minimum atomic E-state index is -0.375. The van der Waals surface area contributed by atoms with Crippen LogP contribution in [0, 0.1) is 12.8 Å². The van der Waals surface area contributed by atoms with Crippen molar-refractivity contribution in [3.05, 3.63) is 15.8 Å². The number of hydrogen-bond acceptors (Lipinski definition) is 5. The number of nitrogens with zero attached hydrogens (tertiary/aromatic N) is 1. The number of ether oxygens (including phenoxy) is 1. The molecule has 1 aromatic rings. The topological polar surface area (TPSA) is 58.6 Å². The Bertz CT molecular complexity index is 521. The molecule has 0 bridgehead atoms. The molecule has 5 nitrogen and oxygen atoms in total. The number of rotatable bonds is 4. The zero-order valence-corrected chi connectivity index (χ0v) is 13.6. The Labute approximate surface area is 129 Å². The van der Waals surface area contributed by atoms with Crippen LogP contribution in [0.4, 0.5) is 5.69 Å². The van der Waals surface area contributed by atoms with Crippen molar-refractivity contribution in [3.8, 4) is 0 Å². The fourth-order valence-corrected chi connectivity index (χ4v) is 3.68. The van der Waals surface area contributed by atoms with Gasteiger partial charge in [0.15, 0.2) is 0 Å². The number of nitrogens with one attached hydrogen (secondary N) is 1. The van der Waals surface area contributed by atoms with E-state index in [4.69, 9.17) is 4.74 Å². The number of anilines is 1. The van der Waals surface area contributed by atoms with Gasteiger partial charge in [0.05, 0.1) is 12.8 Å².